The number of nitrogens with zero attached hydrogens (tertiary/aromatic N) is 1. The Morgan fingerprint density at radius 2 is 2.06 bits per heavy atom. The predicted octanol–water partition coefficient (Wildman–Crippen LogP) is 4.27. The number of pyridine rings is 1. The van der Waals surface area contributed by atoms with Crippen LogP contribution in [0.5, 0.6) is 0 Å². The molecule has 1 fully saturated rings. The zero-order chi connectivity index (χ0) is 12.0. The molecule has 1 aromatic rings. The molecule has 0 amide bonds. The third kappa shape index (κ3) is 1.80. The minimum atomic E-state index is 0.711. The van der Waals surface area contributed by atoms with Crippen LogP contribution in [0.4, 0.5) is 0 Å². The van der Waals surface area contributed by atoms with Crippen LogP contribution in [0.3, 0.4) is 0 Å². The Balaban J connectivity index is 2.15. The minimum absolute atomic E-state index is 0.711. The molecule has 0 bridgehead atoms. The third-order valence-electron chi connectivity index (χ3n) is 4.63. The van der Waals surface area contributed by atoms with Gasteiger partial charge >= 0.3 is 0 Å². The van der Waals surface area contributed by atoms with Crippen LogP contribution in [-0.4, -0.2) is 4.98 Å². The normalized spacial score (nSPS) is 20.4. The minimum Gasteiger partial charge on any atom is -0.257 e. The molecule has 1 heteroatoms. The lowest BCUT2D eigenvalue weighted by molar-refractivity contribution is 0.711. The van der Waals surface area contributed by atoms with Gasteiger partial charge in [-0.3, -0.25) is 4.98 Å². The van der Waals surface area contributed by atoms with E-state index in [9.17, 15) is 0 Å². The average molecular weight is 229 g/mol. The summed E-state index contributed by atoms with van der Waals surface area (Å²) in [7, 11) is 0. The average Bonchev–Trinajstić information content (AvgIpc) is 3.07. The fourth-order valence-electron chi connectivity index (χ4n) is 3.36. The van der Waals surface area contributed by atoms with E-state index in [2.05, 4.69) is 20.8 Å². The van der Waals surface area contributed by atoms with Gasteiger partial charge in [0.1, 0.15) is 0 Å². The van der Waals surface area contributed by atoms with E-state index >= 15 is 0 Å². The summed E-state index contributed by atoms with van der Waals surface area (Å²) in [5.74, 6) is 1.51. The summed E-state index contributed by atoms with van der Waals surface area (Å²) in [5.41, 5.74) is 7.69. The number of aromatic nitrogens is 1. The van der Waals surface area contributed by atoms with Crippen molar-refractivity contribution in [1.29, 1.82) is 0 Å². The van der Waals surface area contributed by atoms with Gasteiger partial charge in [0.2, 0.25) is 0 Å². The van der Waals surface area contributed by atoms with Crippen LogP contribution in [0.1, 0.15) is 79.4 Å². The maximum atomic E-state index is 4.99. The fourth-order valence-corrected chi connectivity index (χ4v) is 3.36. The van der Waals surface area contributed by atoms with Gasteiger partial charge in [-0.2, -0.15) is 0 Å². The fraction of sp³-hybridized carbons (Fsp3) is 0.688. The van der Waals surface area contributed by atoms with Crippen molar-refractivity contribution in [3.8, 4) is 0 Å². The molecule has 0 N–H and O–H groups in total. The number of aryl methyl sites for hydroxylation is 1. The van der Waals surface area contributed by atoms with Crippen molar-refractivity contribution in [2.75, 3.05) is 0 Å². The second kappa shape index (κ2) is 4.12. The zero-order valence-corrected chi connectivity index (χ0v) is 11.3. The van der Waals surface area contributed by atoms with E-state index in [1.165, 1.54) is 55.5 Å². The van der Waals surface area contributed by atoms with Crippen LogP contribution in [0.2, 0.25) is 0 Å². The van der Waals surface area contributed by atoms with E-state index in [4.69, 9.17) is 4.98 Å². The Morgan fingerprint density at radius 1 is 1.29 bits per heavy atom. The van der Waals surface area contributed by atoms with Gasteiger partial charge in [-0.05, 0) is 68.1 Å². The van der Waals surface area contributed by atoms with Gasteiger partial charge in [-0.25, -0.2) is 0 Å². The summed E-state index contributed by atoms with van der Waals surface area (Å²) in [6, 6.07) is 0. The van der Waals surface area contributed by atoms with Crippen molar-refractivity contribution < 1.29 is 0 Å². The molecular formula is C16H23N. The molecule has 0 aromatic carbocycles. The van der Waals surface area contributed by atoms with Crippen LogP contribution >= 0.6 is 0 Å². The van der Waals surface area contributed by atoms with E-state index < -0.39 is 0 Å². The van der Waals surface area contributed by atoms with E-state index in [1.54, 1.807) is 11.1 Å². The molecule has 1 unspecified atom stereocenters. The molecule has 3 rings (SSSR count). The van der Waals surface area contributed by atoms with Gasteiger partial charge in [-0.15, -0.1) is 0 Å². The molecule has 1 heterocycles. The largest absolute Gasteiger partial charge is 0.257 e. The summed E-state index contributed by atoms with van der Waals surface area (Å²) in [6.45, 7) is 7.01. The highest BCUT2D eigenvalue weighted by Crippen LogP contribution is 2.44. The van der Waals surface area contributed by atoms with Crippen molar-refractivity contribution >= 4 is 0 Å². The Bertz CT molecular complexity index is 443. The van der Waals surface area contributed by atoms with Crippen molar-refractivity contribution in [2.24, 2.45) is 0 Å². The summed E-state index contributed by atoms with van der Waals surface area (Å²) in [6.07, 6.45) is 7.80. The Labute approximate surface area is 105 Å². The molecule has 0 aliphatic heterocycles. The van der Waals surface area contributed by atoms with E-state index in [0.717, 1.165) is 5.92 Å². The zero-order valence-electron chi connectivity index (χ0n) is 11.3. The van der Waals surface area contributed by atoms with E-state index in [0.29, 0.717) is 5.92 Å². The molecule has 1 aromatic heterocycles. The molecule has 0 radical (unpaired) electrons. The van der Waals surface area contributed by atoms with Gasteiger partial charge in [0.25, 0.3) is 0 Å². The molecule has 1 nitrogen and oxygen atoms in total. The molecule has 2 aliphatic carbocycles. The van der Waals surface area contributed by atoms with Crippen molar-refractivity contribution in [3.63, 3.8) is 0 Å². The van der Waals surface area contributed by atoms with Crippen molar-refractivity contribution in [3.05, 3.63) is 28.1 Å². The summed E-state index contributed by atoms with van der Waals surface area (Å²) in [4.78, 5) is 4.99. The van der Waals surface area contributed by atoms with E-state index in [-0.39, 0.29) is 0 Å². The monoisotopic (exact) mass is 229 g/mol. The number of fused-ring (bicyclic) bond motifs is 1. The SMILES string of the molecule is CCC(C)c1c(C)c(C2CC2)nc2c1CCC2. The number of rotatable bonds is 3. The smallest absolute Gasteiger partial charge is 0.0470 e. The molecular weight excluding hydrogens is 206 g/mol. The van der Waals surface area contributed by atoms with Gasteiger partial charge < -0.3 is 0 Å². The molecule has 1 saturated carbocycles. The summed E-state index contributed by atoms with van der Waals surface area (Å²) < 4.78 is 0. The first kappa shape index (κ1) is 11.3. The number of hydrogen-bond donors (Lipinski definition) is 0. The highest BCUT2D eigenvalue weighted by Gasteiger charge is 2.31. The first-order valence-electron chi connectivity index (χ1n) is 7.24. The predicted molar refractivity (Wildman–Crippen MR) is 71.7 cm³/mol. The summed E-state index contributed by atoms with van der Waals surface area (Å²) >= 11 is 0. The van der Waals surface area contributed by atoms with Crippen molar-refractivity contribution in [2.45, 2.75) is 71.1 Å². The lowest BCUT2D eigenvalue weighted by atomic mass is 9.88. The van der Waals surface area contributed by atoms with Gasteiger partial charge in [0.05, 0.1) is 0 Å². The van der Waals surface area contributed by atoms with E-state index in [1.807, 2.05) is 0 Å². The van der Waals surface area contributed by atoms with Crippen LogP contribution < -0.4 is 0 Å². The molecule has 1 atom stereocenters. The molecule has 2 aliphatic rings. The summed E-state index contributed by atoms with van der Waals surface area (Å²) in [5, 5.41) is 0. The van der Waals surface area contributed by atoms with Crippen molar-refractivity contribution in [1.82, 2.24) is 4.98 Å². The van der Waals surface area contributed by atoms with Crippen LogP contribution in [0, 0.1) is 6.92 Å². The second-order valence-electron chi connectivity index (χ2n) is 5.90. The Hall–Kier alpha value is -0.850. The molecule has 0 spiro atoms. The topological polar surface area (TPSA) is 12.9 Å². The lowest BCUT2D eigenvalue weighted by Crippen LogP contribution is -2.07. The standard InChI is InChI=1S/C16H23N/c1-4-10(2)15-11(3)16(12-8-9-12)17-14-7-5-6-13(14)15/h10,12H,4-9H2,1-3H3. The molecule has 92 valence electrons. The molecule has 0 saturated heterocycles. The second-order valence-corrected chi connectivity index (χ2v) is 5.90. The van der Waals surface area contributed by atoms with Crippen LogP contribution in [-0.2, 0) is 12.8 Å². The first-order chi connectivity index (χ1) is 8.22. The third-order valence-corrected chi connectivity index (χ3v) is 4.63. The molecule has 17 heavy (non-hydrogen) atoms. The lowest BCUT2D eigenvalue weighted by Gasteiger charge is -2.20. The quantitative estimate of drug-likeness (QED) is 0.754. The Morgan fingerprint density at radius 3 is 2.71 bits per heavy atom. The van der Waals surface area contributed by atoms with Gasteiger partial charge in [0.15, 0.2) is 0 Å². The highest BCUT2D eigenvalue weighted by molar-refractivity contribution is 5.46. The van der Waals surface area contributed by atoms with Crippen LogP contribution in [0.25, 0.3) is 0 Å². The van der Waals surface area contributed by atoms with Crippen LogP contribution in [0.15, 0.2) is 0 Å². The maximum absolute atomic E-state index is 4.99. The highest BCUT2D eigenvalue weighted by atomic mass is 14.8. The Kier molecular flexibility index (Phi) is 2.72. The maximum Gasteiger partial charge on any atom is 0.0470 e. The first-order valence-corrected chi connectivity index (χ1v) is 7.24. The van der Waals surface area contributed by atoms with Gasteiger partial charge in [-0.1, -0.05) is 13.8 Å². The number of hydrogen-bond acceptors (Lipinski definition) is 1. The van der Waals surface area contributed by atoms with Gasteiger partial charge in [0, 0.05) is 17.3 Å².